The van der Waals surface area contributed by atoms with Gasteiger partial charge in [0.25, 0.3) is 0 Å². The molecule has 0 bridgehead atoms. The Kier molecular flexibility index (Phi) is 7.11. The first kappa shape index (κ1) is 22.7. The van der Waals surface area contributed by atoms with Gasteiger partial charge in [-0.3, -0.25) is 4.57 Å². The van der Waals surface area contributed by atoms with Crippen molar-refractivity contribution in [3.8, 4) is 0 Å². The number of esters is 1. The number of anilines is 1. The average Bonchev–Trinajstić information content (AvgIpc) is 3.38. The van der Waals surface area contributed by atoms with E-state index in [1.165, 1.54) is 0 Å². The summed E-state index contributed by atoms with van der Waals surface area (Å²) < 4.78 is 24.1. The highest BCUT2D eigenvalue weighted by Crippen LogP contribution is 2.38. The Morgan fingerprint density at radius 1 is 1.34 bits per heavy atom. The highest BCUT2D eigenvalue weighted by atomic mass is 31.1. The fraction of sp³-hybridized carbons (Fsp3) is 0.381. The van der Waals surface area contributed by atoms with Crippen molar-refractivity contribution < 1.29 is 23.7 Å². The summed E-state index contributed by atoms with van der Waals surface area (Å²) in [6.45, 7) is 1.92. The number of rotatable bonds is 8. The fourth-order valence-electron chi connectivity index (χ4n) is 4.04. The van der Waals surface area contributed by atoms with Crippen LogP contribution in [0.2, 0.25) is 0 Å². The van der Waals surface area contributed by atoms with Crippen LogP contribution in [0.4, 0.5) is 5.82 Å². The van der Waals surface area contributed by atoms with Crippen LogP contribution in [-0.2, 0) is 20.4 Å². The van der Waals surface area contributed by atoms with E-state index in [0.717, 1.165) is 11.3 Å². The van der Waals surface area contributed by atoms with Crippen molar-refractivity contribution in [3.63, 3.8) is 0 Å². The lowest BCUT2D eigenvalue weighted by molar-refractivity contribution is 0.0465. The van der Waals surface area contributed by atoms with Crippen molar-refractivity contribution in [1.82, 2.24) is 14.6 Å². The van der Waals surface area contributed by atoms with E-state index in [0.29, 0.717) is 17.9 Å². The number of aliphatic hydroxyl groups is 1. The second kappa shape index (κ2) is 10.0. The van der Waals surface area contributed by atoms with E-state index in [2.05, 4.69) is 24.9 Å². The van der Waals surface area contributed by atoms with Gasteiger partial charge in [-0.15, -0.1) is 0 Å². The highest BCUT2D eigenvalue weighted by molar-refractivity contribution is 7.25. The van der Waals surface area contributed by atoms with E-state index in [4.69, 9.17) is 9.26 Å². The zero-order valence-electron chi connectivity index (χ0n) is 17.4. The molecule has 1 aliphatic rings. The molecule has 3 aromatic rings. The lowest BCUT2D eigenvalue weighted by atomic mass is 10.1. The number of benzene rings is 1. The van der Waals surface area contributed by atoms with E-state index in [1.807, 2.05) is 43.3 Å². The molecule has 1 fully saturated rings. The van der Waals surface area contributed by atoms with Gasteiger partial charge in [-0.25, -0.2) is 9.78 Å². The topological polar surface area (TPSA) is 115 Å². The Bertz CT molecular complexity index is 1110. The molecule has 1 aromatic carbocycles. The quantitative estimate of drug-likeness (QED) is 0.378. The van der Waals surface area contributed by atoms with Crippen molar-refractivity contribution >= 4 is 35.4 Å². The third kappa shape index (κ3) is 4.66. The van der Waals surface area contributed by atoms with Gasteiger partial charge in [-0.1, -0.05) is 30.3 Å². The van der Waals surface area contributed by atoms with Crippen molar-refractivity contribution in [2.75, 3.05) is 11.9 Å². The Morgan fingerprint density at radius 3 is 2.81 bits per heavy atom. The van der Waals surface area contributed by atoms with Crippen LogP contribution < -0.4 is 5.32 Å². The molecular formula is C21H24N4O5P2. The van der Waals surface area contributed by atoms with E-state index < -0.39 is 5.97 Å². The molecule has 2 N–H and O–H groups in total. The molecule has 0 spiro atoms. The number of aliphatic hydroxyl groups excluding tert-OH is 1. The summed E-state index contributed by atoms with van der Waals surface area (Å²) in [6.07, 6.45) is 0.191. The van der Waals surface area contributed by atoms with Gasteiger partial charge in [0, 0.05) is 39.8 Å². The summed E-state index contributed by atoms with van der Waals surface area (Å²) in [5.41, 5.74) is 1.95. The van der Waals surface area contributed by atoms with Gasteiger partial charge in [0.15, 0.2) is 19.8 Å². The van der Waals surface area contributed by atoms with Crippen molar-refractivity contribution in [1.29, 1.82) is 0 Å². The van der Waals surface area contributed by atoms with E-state index in [1.54, 1.807) is 10.6 Å². The van der Waals surface area contributed by atoms with E-state index in [9.17, 15) is 14.5 Å². The van der Waals surface area contributed by atoms with Crippen LogP contribution in [0.25, 0.3) is 5.65 Å². The van der Waals surface area contributed by atoms with E-state index in [-0.39, 0.29) is 51.1 Å². The first-order valence-electron chi connectivity index (χ1n) is 10.2. The number of nitrogens with zero attached hydrogens (tertiary/aromatic N) is 3. The van der Waals surface area contributed by atoms with Crippen LogP contribution in [0.5, 0.6) is 0 Å². The molecule has 2 aromatic heterocycles. The number of carbonyl (C=O) groups excluding carboxylic acids is 1. The van der Waals surface area contributed by atoms with Crippen molar-refractivity contribution in [2.24, 2.45) is 5.92 Å². The third-order valence-electron chi connectivity index (χ3n) is 5.60. The molecule has 1 saturated carbocycles. The molecule has 1 aliphatic carbocycles. The molecule has 0 amide bonds. The molecule has 0 aliphatic heterocycles. The van der Waals surface area contributed by atoms with Crippen LogP contribution >= 0.6 is 17.9 Å². The van der Waals surface area contributed by atoms with Gasteiger partial charge >= 0.3 is 5.97 Å². The maximum atomic E-state index is 12.6. The van der Waals surface area contributed by atoms with E-state index >= 15 is 0 Å². The second-order valence-electron chi connectivity index (χ2n) is 7.77. The van der Waals surface area contributed by atoms with Crippen LogP contribution in [0.3, 0.4) is 0 Å². The summed E-state index contributed by atoms with van der Waals surface area (Å²) in [6, 6.07) is 12.6. The molecule has 0 radical (unpaired) electrons. The predicted molar refractivity (Wildman–Crippen MR) is 122 cm³/mol. The van der Waals surface area contributed by atoms with Crippen LogP contribution in [0.15, 0.2) is 42.5 Å². The smallest absolute Gasteiger partial charge is 0.359 e. The van der Waals surface area contributed by atoms with Gasteiger partial charge in [-0.05, 0) is 18.9 Å². The number of nitrogens with one attached hydrogen (secondary N) is 1. The Labute approximate surface area is 189 Å². The Morgan fingerprint density at radius 2 is 2.12 bits per heavy atom. The zero-order valence-corrected chi connectivity index (χ0v) is 19.5. The van der Waals surface area contributed by atoms with Crippen molar-refractivity contribution in [2.45, 2.75) is 37.8 Å². The Hall–Kier alpha value is -2.44. The van der Waals surface area contributed by atoms with Gasteiger partial charge in [-0.2, -0.15) is 9.61 Å². The highest BCUT2D eigenvalue weighted by Gasteiger charge is 2.44. The SMILES string of the molecule is Cc1cc(N[C@@H]2C[C@H](CO)[C@@H](P=O)[C@H]2OP)n2nc(C(=O)OCc3ccccc3)cc2n1. The molecular weight excluding hydrogens is 450 g/mol. The normalized spacial score (nSPS) is 23.0. The molecule has 168 valence electrons. The lowest BCUT2D eigenvalue weighted by Crippen LogP contribution is -2.34. The number of aromatic nitrogens is 3. The second-order valence-corrected chi connectivity index (χ2v) is 8.85. The first-order valence-corrected chi connectivity index (χ1v) is 11.5. The predicted octanol–water partition coefficient (Wildman–Crippen LogP) is 3.02. The first-order chi connectivity index (χ1) is 15.5. The fourth-order valence-corrected chi connectivity index (χ4v) is 5.32. The minimum atomic E-state index is -0.541. The van der Waals surface area contributed by atoms with Gasteiger partial charge in [0.05, 0.1) is 17.8 Å². The third-order valence-corrected chi connectivity index (χ3v) is 6.87. The summed E-state index contributed by atoms with van der Waals surface area (Å²) in [7, 11) is 2.15. The lowest BCUT2D eigenvalue weighted by Gasteiger charge is -2.22. The number of aryl methyl sites for hydroxylation is 1. The number of hydrogen-bond donors (Lipinski definition) is 2. The standard InChI is InChI=1S/C21H24N4O5P2/c1-12-7-17(23-15-8-14(10-26)20(32-28)19(15)30-31)25-18(22-12)9-16(24-25)21(27)29-11-13-5-3-2-4-6-13/h2-7,9,14-15,19-20,23,26H,8,10-11,31H2,1H3/t14-,15-,19+,20-/m1/s1. The minimum Gasteiger partial charge on any atom is -0.456 e. The molecule has 11 heteroatoms. The molecule has 2 heterocycles. The summed E-state index contributed by atoms with van der Waals surface area (Å²) in [5, 5.41) is 17.4. The van der Waals surface area contributed by atoms with Crippen LogP contribution in [-0.4, -0.2) is 50.1 Å². The number of carbonyl (C=O) groups is 1. The van der Waals surface area contributed by atoms with Crippen LogP contribution in [0, 0.1) is 12.8 Å². The molecule has 9 nitrogen and oxygen atoms in total. The molecule has 32 heavy (non-hydrogen) atoms. The summed E-state index contributed by atoms with van der Waals surface area (Å²) in [5.74, 6) is -0.0797. The molecule has 4 rings (SSSR count). The largest absolute Gasteiger partial charge is 0.456 e. The van der Waals surface area contributed by atoms with Gasteiger partial charge in [0.2, 0.25) is 0 Å². The van der Waals surface area contributed by atoms with Gasteiger partial charge < -0.3 is 19.7 Å². The van der Waals surface area contributed by atoms with Gasteiger partial charge in [0.1, 0.15) is 12.4 Å². The molecule has 1 unspecified atom stereocenters. The number of hydrogen-bond acceptors (Lipinski definition) is 8. The minimum absolute atomic E-state index is 0.0692. The monoisotopic (exact) mass is 474 g/mol. The maximum absolute atomic E-state index is 12.6. The summed E-state index contributed by atoms with van der Waals surface area (Å²) >= 11 is 0. The molecule has 5 atom stereocenters. The number of ether oxygens (including phenoxy) is 1. The average molecular weight is 474 g/mol. The maximum Gasteiger partial charge on any atom is 0.359 e. The summed E-state index contributed by atoms with van der Waals surface area (Å²) in [4.78, 5) is 17.0. The van der Waals surface area contributed by atoms with Crippen LogP contribution in [0.1, 0.15) is 28.2 Å². The number of fused-ring (bicyclic) bond motifs is 1. The molecule has 0 saturated heterocycles. The Balaban J connectivity index is 1.57. The zero-order chi connectivity index (χ0) is 22.7. The van der Waals surface area contributed by atoms with Crippen molar-refractivity contribution in [3.05, 3.63) is 59.4 Å².